The topological polar surface area (TPSA) is 74.7 Å². The van der Waals surface area contributed by atoms with Gasteiger partial charge in [0.1, 0.15) is 0 Å². The Morgan fingerprint density at radius 1 is 0.862 bits per heavy atom. The van der Waals surface area contributed by atoms with Crippen LogP contribution in [0.2, 0.25) is 0 Å². The van der Waals surface area contributed by atoms with E-state index in [4.69, 9.17) is 0 Å². The smallest absolute Gasteiger partial charge is 0.323 e. The Morgan fingerprint density at radius 2 is 1.59 bits per heavy atom. The van der Waals surface area contributed by atoms with E-state index in [1.807, 2.05) is 18.2 Å². The number of nitrogens with zero attached hydrogens (tertiary/aromatic N) is 5. The molecule has 1 aliphatic carbocycles. The molecule has 1 aliphatic rings. The van der Waals surface area contributed by atoms with Crippen LogP contribution < -0.4 is 11.2 Å². The first-order valence-electron chi connectivity index (χ1n) is 10.1. The van der Waals surface area contributed by atoms with Crippen LogP contribution in [0.4, 0.5) is 0 Å². The van der Waals surface area contributed by atoms with Crippen molar-refractivity contribution in [3.8, 4) is 0 Å². The average molecular weight is 389 g/mol. The summed E-state index contributed by atoms with van der Waals surface area (Å²) in [5.41, 5.74) is 4.05. The van der Waals surface area contributed by atoms with Gasteiger partial charge in [0, 0.05) is 31.7 Å². The highest BCUT2D eigenvalue weighted by atomic mass is 16.2. The summed E-state index contributed by atoms with van der Waals surface area (Å²) >= 11 is 0. The molecule has 0 fully saturated rings. The lowest BCUT2D eigenvalue weighted by atomic mass is 10.1. The largest absolute Gasteiger partial charge is 0.332 e. The highest BCUT2D eigenvalue weighted by Crippen LogP contribution is 2.33. The summed E-state index contributed by atoms with van der Waals surface area (Å²) in [4.78, 5) is 25.5. The maximum atomic E-state index is 13.1. The molecule has 3 heterocycles. The number of benzene rings is 1. The molecular weight excluding hydrogens is 366 g/mol. The zero-order chi connectivity index (χ0) is 20.1. The van der Waals surface area contributed by atoms with Crippen molar-refractivity contribution < 1.29 is 0 Å². The Bertz CT molecular complexity index is 1360. The van der Waals surface area contributed by atoms with Crippen LogP contribution in [0.5, 0.6) is 0 Å². The highest BCUT2D eigenvalue weighted by Gasteiger charge is 2.25. The Kier molecular flexibility index (Phi) is 4.12. The predicted octanol–water partition coefficient (Wildman–Crippen LogP) is 2.30. The summed E-state index contributed by atoms with van der Waals surface area (Å²) in [7, 11) is 3.17. The van der Waals surface area contributed by atoms with Crippen LogP contribution >= 0.6 is 0 Å². The van der Waals surface area contributed by atoms with Gasteiger partial charge in [-0.3, -0.25) is 13.9 Å². The Labute approximate surface area is 167 Å². The van der Waals surface area contributed by atoms with Crippen molar-refractivity contribution in [2.24, 2.45) is 14.1 Å². The molecule has 0 radical (unpaired) electrons. The molecule has 29 heavy (non-hydrogen) atoms. The summed E-state index contributed by atoms with van der Waals surface area (Å²) in [6.07, 6.45) is 5.27. The molecule has 0 saturated heterocycles. The standard InChI is InChI=1S/C22H23N5O2/c1-25-19-18(21(28)26(2)22(25)29)17-15-11-7-4-8-12-16(15)27(20(17)24-23-19)13-14-9-5-3-6-10-14/h3,5-6,9-10H,4,7-8,11-13H2,1-2H3. The van der Waals surface area contributed by atoms with Crippen molar-refractivity contribution in [1.82, 2.24) is 23.9 Å². The third-order valence-corrected chi connectivity index (χ3v) is 6.10. The molecule has 0 amide bonds. The van der Waals surface area contributed by atoms with Gasteiger partial charge >= 0.3 is 5.69 Å². The zero-order valence-electron chi connectivity index (χ0n) is 16.7. The molecule has 3 aromatic heterocycles. The van der Waals surface area contributed by atoms with Gasteiger partial charge in [-0.05, 0) is 36.8 Å². The van der Waals surface area contributed by atoms with E-state index in [2.05, 4.69) is 26.9 Å². The maximum absolute atomic E-state index is 13.1. The second-order valence-corrected chi connectivity index (χ2v) is 7.86. The van der Waals surface area contributed by atoms with Crippen molar-refractivity contribution >= 4 is 22.1 Å². The molecule has 0 aliphatic heterocycles. The summed E-state index contributed by atoms with van der Waals surface area (Å²) in [6.45, 7) is 0.693. The second kappa shape index (κ2) is 6.69. The third kappa shape index (κ3) is 2.64. The SMILES string of the molecule is Cn1c(=O)c2c3c4c(n(Cc5ccccc5)c3nnc2n(C)c1=O)CCCCC4. The van der Waals surface area contributed by atoms with Gasteiger partial charge in [0.05, 0.1) is 5.39 Å². The van der Waals surface area contributed by atoms with E-state index in [1.54, 1.807) is 7.05 Å². The monoisotopic (exact) mass is 389 g/mol. The summed E-state index contributed by atoms with van der Waals surface area (Å²) in [5.74, 6) is 0. The molecular formula is C22H23N5O2. The minimum absolute atomic E-state index is 0.299. The Balaban J connectivity index is 1.92. The minimum atomic E-state index is -0.383. The van der Waals surface area contributed by atoms with Crippen LogP contribution in [0.25, 0.3) is 22.1 Å². The number of aryl methyl sites for hydroxylation is 2. The fourth-order valence-corrected chi connectivity index (χ4v) is 4.60. The number of fused-ring (bicyclic) bond motifs is 5. The van der Waals surface area contributed by atoms with E-state index in [0.717, 1.165) is 36.7 Å². The van der Waals surface area contributed by atoms with Crippen molar-refractivity contribution in [3.05, 3.63) is 68.0 Å². The lowest BCUT2D eigenvalue weighted by molar-refractivity contribution is 0.682. The molecule has 5 rings (SSSR count). The van der Waals surface area contributed by atoms with Crippen LogP contribution in [0.15, 0.2) is 39.9 Å². The van der Waals surface area contributed by atoms with Crippen molar-refractivity contribution in [2.75, 3.05) is 0 Å². The van der Waals surface area contributed by atoms with Gasteiger partial charge in [-0.2, -0.15) is 0 Å². The van der Waals surface area contributed by atoms with E-state index < -0.39 is 0 Å². The number of aromatic nitrogens is 5. The normalized spacial score (nSPS) is 14.3. The van der Waals surface area contributed by atoms with Gasteiger partial charge in [0.15, 0.2) is 11.3 Å². The summed E-state index contributed by atoms with van der Waals surface area (Å²) in [6, 6.07) is 10.3. The number of hydrogen-bond donors (Lipinski definition) is 0. The fourth-order valence-electron chi connectivity index (χ4n) is 4.60. The van der Waals surface area contributed by atoms with Crippen molar-refractivity contribution in [2.45, 2.75) is 38.6 Å². The second-order valence-electron chi connectivity index (χ2n) is 7.86. The third-order valence-electron chi connectivity index (χ3n) is 6.10. The lowest BCUT2D eigenvalue weighted by Crippen LogP contribution is -2.37. The molecule has 148 valence electrons. The van der Waals surface area contributed by atoms with Crippen LogP contribution in [-0.4, -0.2) is 23.9 Å². The maximum Gasteiger partial charge on any atom is 0.332 e. The van der Waals surface area contributed by atoms with E-state index in [-0.39, 0.29) is 11.2 Å². The molecule has 0 bridgehead atoms. The van der Waals surface area contributed by atoms with Crippen LogP contribution in [-0.2, 0) is 33.5 Å². The lowest BCUT2D eigenvalue weighted by Gasteiger charge is -2.10. The Morgan fingerprint density at radius 3 is 2.38 bits per heavy atom. The fraction of sp³-hybridized carbons (Fsp3) is 0.364. The molecule has 7 nitrogen and oxygen atoms in total. The molecule has 0 saturated carbocycles. The van der Waals surface area contributed by atoms with Gasteiger partial charge in [0.25, 0.3) is 5.56 Å². The average Bonchev–Trinajstić information content (AvgIpc) is 2.89. The predicted molar refractivity (Wildman–Crippen MR) is 112 cm³/mol. The van der Waals surface area contributed by atoms with E-state index in [0.29, 0.717) is 17.6 Å². The van der Waals surface area contributed by atoms with E-state index in [9.17, 15) is 9.59 Å². The summed E-state index contributed by atoms with van der Waals surface area (Å²) in [5, 5.41) is 10.2. The molecule has 1 aromatic carbocycles. The molecule has 7 heteroatoms. The van der Waals surface area contributed by atoms with Crippen molar-refractivity contribution in [3.63, 3.8) is 0 Å². The zero-order valence-corrected chi connectivity index (χ0v) is 16.7. The number of rotatable bonds is 2. The highest BCUT2D eigenvalue weighted by molar-refractivity contribution is 6.04. The van der Waals surface area contributed by atoms with Crippen LogP contribution in [0.1, 0.15) is 36.1 Å². The summed E-state index contributed by atoms with van der Waals surface area (Å²) < 4.78 is 4.81. The van der Waals surface area contributed by atoms with Gasteiger partial charge in [0.2, 0.25) is 0 Å². The molecule has 0 spiro atoms. The first-order chi connectivity index (χ1) is 14.1. The molecule has 4 aromatic rings. The molecule has 0 atom stereocenters. The number of hydrogen-bond acceptors (Lipinski definition) is 4. The van der Waals surface area contributed by atoms with Crippen LogP contribution in [0, 0.1) is 0 Å². The molecule has 0 unspecified atom stereocenters. The first kappa shape index (κ1) is 17.8. The van der Waals surface area contributed by atoms with Gasteiger partial charge in [-0.25, -0.2) is 4.79 Å². The van der Waals surface area contributed by atoms with Crippen molar-refractivity contribution in [1.29, 1.82) is 0 Å². The minimum Gasteiger partial charge on any atom is -0.323 e. The molecule has 0 N–H and O–H groups in total. The van der Waals surface area contributed by atoms with Gasteiger partial charge in [-0.1, -0.05) is 36.8 Å². The quantitative estimate of drug-likeness (QED) is 0.493. The van der Waals surface area contributed by atoms with Gasteiger partial charge in [-0.15, -0.1) is 10.2 Å². The van der Waals surface area contributed by atoms with E-state index >= 15 is 0 Å². The Hall–Kier alpha value is -3.22. The van der Waals surface area contributed by atoms with Crippen LogP contribution in [0.3, 0.4) is 0 Å². The van der Waals surface area contributed by atoms with E-state index in [1.165, 1.54) is 39.4 Å². The van der Waals surface area contributed by atoms with Gasteiger partial charge < -0.3 is 4.57 Å². The first-order valence-corrected chi connectivity index (χ1v) is 10.1.